The average Bonchev–Trinajstić information content (AvgIpc) is 3.68. The van der Waals surface area contributed by atoms with Crippen molar-refractivity contribution in [3.63, 3.8) is 0 Å². The molecule has 5 nitrogen and oxygen atoms in total. The molecule has 0 aliphatic heterocycles. The molecule has 8 aromatic carbocycles. The third-order valence-corrected chi connectivity index (χ3v) is 10.4. The fourth-order valence-corrected chi connectivity index (χ4v) is 7.46. The number of hydrogen-bond donors (Lipinski definition) is 0. The molecular weight excluding hydrogens is 697 g/mol. The first-order valence-corrected chi connectivity index (χ1v) is 18.8. The summed E-state index contributed by atoms with van der Waals surface area (Å²) in [7, 11) is 0. The molecule has 0 amide bonds. The molecule has 2 heterocycles. The molecule has 266 valence electrons. The lowest BCUT2D eigenvalue weighted by Gasteiger charge is -2.10. The van der Waals surface area contributed by atoms with Crippen LogP contribution >= 0.6 is 0 Å². The maximum absolute atomic E-state index is 9.25. The van der Waals surface area contributed by atoms with Crippen LogP contribution in [0.15, 0.2) is 199 Å². The van der Waals surface area contributed by atoms with Crippen molar-refractivity contribution in [1.29, 1.82) is 5.26 Å². The first-order valence-electron chi connectivity index (χ1n) is 18.8. The van der Waals surface area contributed by atoms with Gasteiger partial charge < -0.3 is 4.42 Å². The Bertz CT molecular complexity index is 3090. The number of benzene rings is 8. The van der Waals surface area contributed by atoms with Gasteiger partial charge in [0.1, 0.15) is 11.2 Å². The van der Waals surface area contributed by atoms with E-state index in [4.69, 9.17) is 19.4 Å². The summed E-state index contributed by atoms with van der Waals surface area (Å²) in [6, 6.07) is 68.2. The molecule has 0 N–H and O–H groups in total. The topological polar surface area (TPSA) is 75.6 Å². The molecule has 0 saturated carbocycles. The van der Waals surface area contributed by atoms with Crippen LogP contribution in [0.3, 0.4) is 0 Å². The van der Waals surface area contributed by atoms with Crippen LogP contribution < -0.4 is 0 Å². The number of aromatic nitrogens is 3. The summed E-state index contributed by atoms with van der Waals surface area (Å²) in [4.78, 5) is 15.2. The van der Waals surface area contributed by atoms with Crippen LogP contribution in [0.5, 0.6) is 0 Å². The molecule has 0 bridgehead atoms. The number of furan rings is 1. The fraction of sp³-hybridized carbons (Fsp3) is 0. The third kappa shape index (κ3) is 6.52. The van der Waals surface area contributed by atoms with E-state index >= 15 is 0 Å². The normalized spacial score (nSPS) is 11.1. The minimum Gasteiger partial charge on any atom is -0.456 e. The highest BCUT2D eigenvalue weighted by atomic mass is 16.3. The monoisotopic (exact) mass is 728 g/mol. The standard InChI is InChI=1S/C52H32N4O/c53-33-34-17-19-37(20-18-34)39-23-27-41(28-24-39)50-54-51(43-14-7-13-42(31-43)36-11-5-2-6-12-36)56-52(55-50)44-29-30-46-48(32-44)57-47-16-8-15-45(49(46)47)40-25-21-38(22-26-40)35-9-3-1-4-10-35/h1-32H. The summed E-state index contributed by atoms with van der Waals surface area (Å²) in [6.45, 7) is 0. The summed E-state index contributed by atoms with van der Waals surface area (Å²) in [6.07, 6.45) is 0. The Morgan fingerprint density at radius 2 is 0.807 bits per heavy atom. The van der Waals surface area contributed by atoms with Gasteiger partial charge in [-0.1, -0.05) is 158 Å². The Morgan fingerprint density at radius 1 is 0.351 bits per heavy atom. The van der Waals surface area contributed by atoms with Crippen molar-refractivity contribution in [1.82, 2.24) is 15.0 Å². The lowest BCUT2D eigenvalue weighted by atomic mass is 9.96. The first-order chi connectivity index (χ1) is 28.2. The number of hydrogen-bond acceptors (Lipinski definition) is 5. The molecule has 2 aromatic heterocycles. The van der Waals surface area contributed by atoms with Crippen LogP contribution in [0.1, 0.15) is 5.56 Å². The fourth-order valence-electron chi connectivity index (χ4n) is 7.46. The predicted octanol–water partition coefficient (Wildman–Crippen LogP) is 13.3. The Kier molecular flexibility index (Phi) is 8.48. The molecule has 0 spiro atoms. The summed E-state index contributed by atoms with van der Waals surface area (Å²) in [5.74, 6) is 1.70. The SMILES string of the molecule is N#Cc1ccc(-c2ccc(-c3nc(-c4cccc(-c5ccccc5)c4)nc(-c4ccc5c(c4)oc4cccc(-c6ccc(-c7ccccc7)cc6)c45)n3)cc2)cc1. The van der Waals surface area contributed by atoms with Crippen LogP contribution in [0, 0.1) is 11.3 Å². The molecule has 5 heteroatoms. The minimum absolute atomic E-state index is 0.551. The van der Waals surface area contributed by atoms with Crippen LogP contribution in [0.2, 0.25) is 0 Å². The summed E-state index contributed by atoms with van der Waals surface area (Å²) < 4.78 is 6.55. The van der Waals surface area contributed by atoms with Crippen LogP contribution in [-0.2, 0) is 0 Å². The Labute approximate surface area is 329 Å². The molecule has 0 aliphatic rings. The summed E-state index contributed by atoms with van der Waals surface area (Å²) in [5, 5.41) is 11.3. The molecule has 0 fully saturated rings. The van der Waals surface area contributed by atoms with Crippen molar-refractivity contribution in [2.75, 3.05) is 0 Å². The zero-order chi connectivity index (χ0) is 38.1. The van der Waals surface area contributed by atoms with E-state index in [2.05, 4.69) is 109 Å². The van der Waals surface area contributed by atoms with Crippen LogP contribution in [0.4, 0.5) is 0 Å². The third-order valence-electron chi connectivity index (χ3n) is 10.4. The summed E-state index contributed by atoms with van der Waals surface area (Å²) >= 11 is 0. The number of rotatable bonds is 7. The van der Waals surface area contributed by atoms with E-state index in [9.17, 15) is 5.26 Å². The van der Waals surface area contributed by atoms with E-state index in [1.165, 1.54) is 11.1 Å². The van der Waals surface area contributed by atoms with Gasteiger partial charge in [-0.2, -0.15) is 5.26 Å². The van der Waals surface area contributed by atoms with Gasteiger partial charge in [0.15, 0.2) is 17.5 Å². The Balaban J connectivity index is 1.06. The van der Waals surface area contributed by atoms with Crippen molar-refractivity contribution >= 4 is 21.9 Å². The Hall–Kier alpha value is -7.94. The second kappa shape index (κ2) is 14.4. The van der Waals surface area contributed by atoms with Gasteiger partial charge in [0.25, 0.3) is 0 Å². The maximum Gasteiger partial charge on any atom is 0.164 e. The maximum atomic E-state index is 9.25. The highest BCUT2D eigenvalue weighted by Gasteiger charge is 2.17. The van der Waals surface area contributed by atoms with E-state index in [-0.39, 0.29) is 0 Å². The van der Waals surface area contributed by atoms with Crippen LogP contribution in [-0.4, -0.2) is 15.0 Å². The summed E-state index contributed by atoms with van der Waals surface area (Å²) in [5.41, 5.74) is 13.7. The van der Waals surface area contributed by atoms with Gasteiger partial charge in [0.05, 0.1) is 11.6 Å². The highest BCUT2D eigenvalue weighted by Crippen LogP contribution is 2.39. The van der Waals surface area contributed by atoms with E-state index in [0.717, 1.165) is 72.0 Å². The molecule has 0 aliphatic carbocycles. The number of nitrogens with zero attached hydrogens (tertiary/aromatic N) is 4. The smallest absolute Gasteiger partial charge is 0.164 e. The minimum atomic E-state index is 0.551. The van der Waals surface area contributed by atoms with Gasteiger partial charge in [-0.3, -0.25) is 0 Å². The van der Waals surface area contributed by atoms with Crippen molar-refractivity contribution in [3.05, 3.63) is 200 Å². The highest BCUT2D eigenvalue weighted by molar-refractivity contribution is 6.13. The molecule has 57 heavy (non-hydrogen) atoms. The number of fused-ring (bicyclic) bond motifs is 3. The van der Waals surface area contributed by atoms with Gasteiger partial charge in [0.2, 0.25) is 0 Å². The lowest BCUT2D eigenvalue weighted by Crippen LogP contribution is -2.00. The predicted molar refractivity (Wildman–Crippen MR) is 230 cm³/mol. The largest absolute Gasteiger partial charge is 0.456 e. The van der Waals surface area contributed by atoms with Crippen molar-refractivity contribution in [2.45, 2.75) is 0 Å². The van der Waals surface area contributed by atoms with Crippen molar-refractivity contribution in [3.8, 4) is 84.7 Å². The molecule has 0 unspecified atom stereocenters. The zero-order valence-electron chi connectivity index (χ0n) is 30.7. The van der Waals surface area contributed by atoms with Gasteiger partial charge in [0, 0.05) is 27.5 Å². The second-order valence-electron chi connectivity index (χ2n) is 14.0. The molecular formula is C52H32N4O. The molecule has 10 aromatic rings. The zero-order valence-corrected chi connectivity index (χ0v) is 30.7. The second-order valence-corrected chi connectivity index (χ2v) is 14.0. The van der Waals surface area contributed by atoms with Gasteiger partial charge >= 0.3 is 0 Å². The Morgan fingerprint density at radius 3 is 1.44 bits per heavy atom. The lowest BCUT2D eigenvalue weighted by molar-refractivity contribution is 0.669. The molecule has 0 radical (unpaired) electrons. The van der Waals surface area contributed by atoms with Gasteiger partial charge in [-0.05, 0) is 80.9 Å². The average molecular weight is 729 g/mol. The van der Waals surface area contributed by atoms with E-state index < -0.39 is 0 Å². The van der Waals surface area contributed by atoms with Gasteiger partial charge in [-0.25, -0.2) is 15.0 Å². The van der Waals surface area contributed by atoms with E-state index in [0.29, 0.717) is 23.0 Å². The molecule has 0 atom stereocenters. The molecule has 10 rings (SSSR count). The van der Waals surface area contributed by atoms with E-state index in [1.54, 1.807) is 0 Å². The quantitative estimate of drug-likeness (QED) is 0.163. The van der Waals surface area contributed by atoms with E-state index in [1.807, 2.05) is 91.0 Å². The van der Waals surface area contributed by atoms with Crippen molar-refractivity contribution < 1.29 is 4.42 Å². The van der Waals surface area contributed by atoms with Gasteiger partial charge in [-0.15, -0.1) is 0 Å². The first kappa shape index (κ1) is 33.6. The number of nitriles is 1. The van der Waals surface area contributed by atoms with Crippen molar-refractivity contribution in [2.24, 2.45) is 0 Å². The van der Waals surface area contributed by atoms with Crippen LogP contribution in [0.25, 0.3) is 101 Å². The molecule has 0 saturated heterocycles.